The zero-order chi connectivity index (χ0) is 13.1. The lowest BCUT2D eigenvalue weighted by atomic mass is 10.0. The first-order valence-electron chi connectivity index (χ1n) is 6.36. The van der Waals surface area contributed by atoms with Crippen molar-refractivity contribution in [3.63, 3.8) is 0 Å². The van der Waals surface area contributed by atoms with E-state index in [1.54, 1.807) is 18.5 Å². The summed E-state index contributed by atoms with van der Waals surface area (Å²) in [5.41, 5.74) is 7.25. The molecule has 0 aliphatic carbocycles. The molecule has 2 atom stereocenters. The minimum Gasteiger partial charge on any atom is -0.398 e. The monoisotopic (exact) mass is 250 g/mol. The number of rotatable bonds is 2. The number of nitrogens with two attached hydrogens (primary N) is 1. The van der Waals surface area contributed by atoms with Gasteiger partial charge >= 0.3 is 0 Å². The van der Waals surface area contributed by atoms with Crippen LogP contribution in [0.25, 0.3) is 0 Å². The standard InChI is InChI=1S/C13H22N4O/c1-16-6-3-7-17(2)12(9-16)13(18)10-8-15-5-4-11(10)14/h4-5,8,12-13,18H,3,6-7,9H2,1-2H3,(H2,14,15). The van der Waals surface area contributed by atoms with Crippen LogP contribution in [0.5, 0.6) is 0 Å². The Labute approximate surface area is 108 Å². The second kappa shape index (κ2) is 5.65. The molecule has 2 heterocycles. The third kappa shape index (κ3) is 2.80. The average molecular weight is 250 g/mol. The topological polar surface area (TPSA) is 65.6 Å². The van der Waals surface area contributed by atoms with E-state index in [0.29, 0.717) is 5.69 Å². The predicted octanol–water partition coefficient (Wildman–Crippen LogP) is 0.333. The Bertz CT molecular complexity index is 398. The fraction of sp³-hybridized carbons (Fsp3) is 0.615. The summed E-state index contributed by atoms with van der Waals surface area (Å²) in [4.78, 5) is 8.52. The van der Waals surface area contributed by atoms with Gasteiger partial charge in [0, 0.05) is 30.2 Å². The van der Waals surface area contributed by atoms with E-state index < -0.39 is 6.10 Å². The van der Waals surface area contributed by atoms with E-state index in [1.807, 2.05) is 0 Å². The van der Waals surface area contributed by atoms with Crippen LogP contribution in [0.2, 0.25) is 0 Å². The van der Waals surface area contributed by atoms with Gasteiger partial charge in [-0.3, -0.25) is 9.88 Å². The van der Waals surface area contributed by atoms with Crippen LogP contribution in [-0.2, 0) is 0 Å². The number of likely N-dealkylation sites (N-methyl/N-ethyl adjacent to an activating group) is 2. The second-order valence-corrected chi connectivity index (χ2v) is 5.11. The molecule has 0 bridgehead atoms. The number of hydrogen-bond donors (Lipinski definition) is 2. The number of anilines is 1. The van der Waals surface area contributed by atoms with E-state index in [9.17, 15) is 5.11 Å². The molecule has 0 aromatic carbocycles. The summed E-state index contributed by atoms with van der Waals surface area (Å²) < 4.78 is 0. The van der Waals surface area contributed by atoms with E-state index in [2.05, 4.69) is 28.9 Å². The normalized spacial score (nSPS) is 24.7. The van der Waals surface area contributed by atoms with Crippen LogP contribution < -0.4 is 5.73 Å². The number of nitrogens with zero attached hydrogens (tertiary/aromatic N) is 3. The average Bonchev–Trinajstić information content (AvgIpc) is 2.51. The molecule has 0 amide bonds. The minimum absolute atomic E-state index is 0.0593. The molecule has 100 valence electrons. The Kier molecular flexibility index (Phi) is 4.16. The van der Waals surface area contributed by atoms with Gasteiger partial charge in [-0.15, -0.1) is 0 Å². The van der Waals surface area contributed by atoms with Crippen molar-refractivity contribution in [2.75, 3.05) is 39.5 Å². The molecule has 5 nitrogen and oxygen atoms in total. The van der Waals surface area contributed by atoms with Crippen molar-refractivity contribution in [2.24, 2.45) is 0 Å². The number of aliphatic hydroxyl groups is 1. The molecule has 0 radical (unpaired) electrons. The number of hydrogen-bond acceptors (Lipinski definition) is 5. The van der Waals surface area contributed by atoms with E-state index >= 15 is 0 Å². The largest absolute Gasteiger partial charge is 0.398 e. The van der Waals surface area contributed by atoms with Crippen LogP contribution in [0.1, 0.15) is 18.1 Å². The van der Waals surface area contributed by atoms with Crippen LogP contribution in [0.3, 0.4) is 0 Å². The molecule has 1 aromatic heterocycles. The zero-order valence-electron chi connectivity index (χ0n) is 11.1. The molecule has 2 rings (SSSR count). The fourth-order valence-corrected chi connectivity index (χ4v) is 2.52. The Morgan fingerprint density at radius 2 is 2.22 bits per heavy atom. The molecule has 18 heavy (non-hydrogen) atoms. The van der Waals surface area contributed by atoms with Gasteiger partial charge in [0.2, 0.25) is 0 Å². The first kappa shape index (κ1) is 13.3. The Balaban J connectivity index is 2.20. The molecular weight excluding hydrogens is 228 g/mol. The SMILES string of the molecule is CN1CCCN(C)C(C(O)c2cnccc2N)C1. The van der Waals surface area contributed by atoms with Crippen molar-refractivity contribution in [3.05, 3.63) is 24.0 Å². The molecule has 1 aromatic rings. The van der Waals surface area contributed by atoms with E-state index in [1.165, 1.54) is 0 Å². The summed E-state index contributed by atoms with van der Waals surface area (Å²) in [7, 11) is 4.14. The number of pyridine rings is 1. The lowest BCUT2D eigenvalue weighted by Crippen LogP contribution is -2.42. The Morgan fingerprint density at radius 3 is 2.94 bits per heavy atom. The third-order valence-electron chi connectivity index (χ3n) is 3.69. The Morgan fingerprint density at radius 1 is 1.44 bits per heavy atom. The van der Waals surface area contributed by atoms with Crippen LogP contribution in [0, 0.1) is 0 Å². The first-order chi connectivity index (χ1) is 8.59. The minimum atomic E-state index is -0.593. The maximum atomic E-state index is 10.6. The van der Waals surface area contributed by atoms with Gasteiger partial charge in [0.25, 0.3) is 0 Å². The summed E-state index contributed by atoms with van der Waals surface area (Å²) in [5, 5.41) is 10.6. The molecule has 1 aliphatic heterocycles. The molecule has 5 heteroatoms. The lowest BCUT2D eigenvalue weighted by Gasteiger charge is -2.32. The molecule has 1 aliphatic rings. The predicted molar refractivity (Wildman–Crippen MR) is 72.1 cm³/mol. The van der Waals surface area contributed by atoms with Crippen molar-refractivity contribution in [2.45, 2.75) is 18.6 Å². The number of nitrogen functional groups attached to an aromatic ring is 1. The summed E-state index contributed by atoms with van der Waals surface area (Å²) in [6.45, 7) is 2.90. The second-order valence-electron chi connectivity index (χ2n) is 5.11. The highest BCUT2D eigenvalue weighted by Crippen LogP contribution is 2.26. The van der Waals surface area contributed by atoms with Gasteiger partial charge in [0.05, 0.1) is 12.1 Å². The van der Waals surface area contributed by atoms with E-state index in [4.69, 9.17) is 5.73 Å². The highest BCUT2D eigenvalue weighted by molar-refractivity contribution is 5.46. The van der Waals surface area contributed by atoms with Crippen LogP contribution in [0.15, 0.2) is 18.5 Å². The molecule has 3 N–H and O–H groups in total. The van der Waals surface area contributed by atoms with Gasteiger partial charge in [-0.05, 0) is 39.7 Å². The summed E-state index contributed by atoms with van der Waals surface area (Å²) >= 11 is 0. The van der Waals surface area contributed by atoms with Gasteiger partial charge in [-0.2, -0.15) is 0 Å². The van der Waals surface area contributed by atoms with Gasteiger partial charge < -0.3 is 15.7 Å². The molecule has 2 unspecified atom stereocenters. The maximum absolute atomic E-state index is 10.6. The van der Waals surface area contributed by atoms with Crippen molar-refractivity contribution >= 4 is 5.69 Å². The highest BCUT2D eigenvalue weighted by Gasteiger charge is 2.29. The molecule has 0 saturated carbocycles. The first-order valence-corrected chi connectivity index (χ1v) is 6.36. The third-order valence-corrected chi connectivity index (χ3v) is 3.69. The quantitative estimate of drug-likeness (QED) is 0.792. The van der Waals surface area contributed by atoms with Gasteiger partial charge in [0.1, 0.15) is 0 Å². The summed E-state index contributed by atoms with van der Waals surface area (Å²) in [6.07, 6.45) is 3.84. The van der Waals surface area contributed by atoms with Crippen LogP contribution in [-0.4, -0.2) is 59.7 Å². The molecule has 0 spiro atoms. The molecule has 1 saturated heterocycles. The summed E-state index contributed by atoms with van der Waals surface area (Å²) in [5.74, 6) is 0. The van der Waals surface area contributed by atoms with Crippen LogP contribution >= 0.6 is 0 Å². The van der Waals surface area contributed by atoms with Gasteiger partial charge in [-0.1, -0.05) is 0 Å². The lowest BCUT2D eigenvalue weighted by molar-refractivity contribution is 0.0575. The maximum Gasteiger partial charge on any atom is 0.0992 e. The highest BCUT2D eigenvalue weighted by atomic mass is 16.3. The van der Waals surface area contributed by atoms with Crippen molar-refractivity contribution < 1.29 is 5.11 Å². The Hall–Kier alpha value is -1.17. The smallest absolute Gasteiger partial charge is 0.0992 e. The van der Waals surface area contributed by atoms with Crippen LogP contribution in [0.4, 0.5) is 5.69 Å². The number of aliphatic hydroxyl groups excluding tert-OH is 1. The van der Waals surface area contributed by atoms with Gasteiger partial charge in [0.15, 0.2) is 0 Å². The summed E-state index contributed by atoms with van der Waals surface area (Å²) in [6, 6.07) is 1.79. The number of aromatic nitrogens is 1. The van der Waals surface area contributed by atoms with E-state index in [0.717, 1.165) is 31.6 Å². The van der Waals surface area contributed by atoms with Crippen molar-refractivity contribution in [1.29, 1.82) is 0 Å². The molecular formula is C13H22N4O. The van der Waals surface area contributed by atoms with Crippen molar-refractivity contribution in [1.82, 2.24) is 14.8 Å². The van der Waals surface area contributed by atoms with Crippen molar-refractivity contribution in [3.8, 4) is 0 Å². The van der Waals surface area contributed by atoms with E-state index in [-0.39, 0.29) is 6.04 Å². The van der Waals surface area contributed by atoms with Gasteiger partial charge in [-0.25, -0.2) is 0 Å². The zero-order valence-corrected chi connectivity index (χ0v) is 11.1. The fourth-order valence-electron chi connectivity index (χ4n) is 2.52. The molecule has 1 fully saturated rings.